The fourth-order valence-corrected chi connectivity index (χ4v) is 2.07. The Kier molecular flexibility index (Phi) is 6.47. The normalized spacial score (nSPS) is 12.4. The van der Waals surface area contributed by atoms with Crippen molar-refractivity contribution in [2.45, 2.75) is 52.4 Å². The molecule has 0 bridgehead atoms. The smallest absolute Gasteiger partial charge is 0.227 e. The number of hydrogen-bond acceptors (Lipinski definition) is 2. The van der Waals surface area contributed by atoms with E-state index < -0.39 is 0 Å². The molecule has 0 saturated heterocycles. The molecule has 18 heavy (non-hydrogen) atoms. The second kappa shape index (κ2) is 7.90. The molecule has 1 rings (SSSR count). The summed E-state index contributed by atoms with van der Waals surface area (Å²) in [6.45, 7) is 4.28. The molecule has 1 heterocycles. The number of anilines is 1. The maximum atomic E-state index is 12.1. The van der Waals surface area contributed by atoms with Crippen LogP contribution in [0.1, 0.15) is 52.4 Å². The second-order valence-electron chi connectivity index (χ2n) is 4.85. The molecule has 1 unspecified atom stereocenters. The third-order valence-corrected chi connectivity index (χ3v) is 3.24. The lowest BCUT2D eigenvalue weighted by atomic mass is 9.97. The van der Waals surface area contributed by atoms with Crippen molar-refractivity contribution in [2.75, 3.05) is 5.32 Å². The standard InChI is InChI=1S/C14H25N3O/c1-4-6-7-8-9-12(5-2)14(18)16-13-10-15-17(3)11-13/h10-12H,4-9H2,1-3H3,(H,16,18). The summed E-state index contributed by atoms with van der Waals surface area (Å²) < 4.78 is 1.69. The molecule has 0 spiro atoms. The number of carbonyl (C=O) groups is 1. The highest BCUT2D eigenvalue weighted by molar-refractivity contribution is 5.92. The minimum absolute atomic E-state index is 0.127. The van der Waals surface area contributed by atoms with E-state index >= 15 is 0 Å². The van der Waals surface area contributed by atoms with Gasteiger partial charge in [-0.15, -0.1) is 0 Å². The van der Waals surface area contributed by atoms with E-state index in [2.05, 4.69) is 24.3 Å². The molecule has 0 saturated carbocycles. The molecule has 102 valence electrons. The van der Waals surface area contributed by atoms with Crippen LogP contribution in [0, 0.1) is 5.92 Å². The van der Waals surface area contributed by atoms with Gasteiger partial charge in [0, 0.05) is 19.2 Å². The van der Waals surface area contributed by atoms with Crippen molar-refractivity contribution >= 4 is 11.6 Å². The SMILES string of the molecule is CCCCCCC(CC)C(=O)Nc1cnn(C)c1. The maximum absolute atomic E-state index is 12.1. The highest BCUT2D eigenvalue weighted by Crippen LogP contribution is 2.16. The third-order valence-electron chi connectivity index (χ3n) is 3.24. The van der Waals surface area contributed by atoms with Gasteiger partial charge in [0.1, 0.15) is 0 Å². The predicted molar refractivity (Wildman–Crippen MR) is 74.4 cm³/mol. The van der Waals surface area contributed by atoms with Gasteiger partial charge in [-0.2, -0.15) is 5.10 Å². The number of rotatable bonds is 8. The predicted octanol–water partition coefficient (Wildman–Crippen LogP) is 3.36. The molecule has 1 amide bonds. The van der Waals surface area contributed by atoms with Crippen molar-refractivity contribution in [1.29, 1.82) is 0 Å². The van der Waals surface area contributed by atoms with Gasteiger partial charge >= 0.3 is 0 Å². The van der Waals surface area contributed by atoms with Crippen molar-refractivity contribution in [3.63, 3.8) is 0 Å². The summed E-state index contributed by atoms with van der Waals surface area (Å²) >= 11 is 0. The number of carbonyl (C=O) groups excluding carboxylic acids is 1. The zero-order valence-corrected chi connectivity index (χ0v) is 11.8. The minimum Gasteiger partial charge on any atom is -0.323 e. The second-order valence-corrected chi connectivity index (χ2v) is 4.85. The van der Waals surface area contributed by atoms with Crippen LogP contribution >= 0.6 is 0 Å². The van der Waals surface area contributed by atoms with Crippen molar-refractivity contribution in [1.82, 2.24) is 9.78 Å². The fraction of sp³-hybridized carbons (Fsp3) is 0.714. The average molecular weight is 251 g/mol. The van der Waals surface area contributed by atoms with Crippen LogP contribution < -0.4 is 5.32 Å². The Bertz CT molecular complexity index is 360. The van der Waals surface area contributed by atoms with E-state index in [9.17, 15) is 4.79 Å². The van der Waals surface area contributed by atoms with Gasteiger partial charge < -0.3 is 5.32 Å². The first-order valence-corrected chi connectivity index (χ1v) is 6.96. The Morgan fingerprint density at radius 2 is 2.17 bits per heavy atom. The zero-order valence-electron chi connectivity index (χ0n) is 11.8. The molecule has 0 fully saturated rings. The molecular formula is C14H25N3O. The first-order chi connectivity index (χ1) is 8.67. The number of nitrogens with one attached hydrogen (secondary N) is 1. The summed E-state index contributed by atoms with van der Waals surface area (Å²) in [6, 6.07) is 0. The molecule has 4 nitrogen and oxygen atoms in total. The summed E-state index contributed by atoms with van der Waals surface area (Å²) in [5.41, 5.74) is 0.787. The highest BCUT2D eigenvalue weighted by Gasteiger charge is 2.16. The van der Waals surface area contributed by atoms with E-state index in [4.69, 9.17) is 0 Å². The van der Waals surface area contributed by atoms with E-state index in [1.165, 1.54) is 19.3 Å². The number of hydrogen-bond donors (Lipinski definition) is 1. The highest BCUT2D eigenvalue weighted by atomic mass is 16.1. The average Bonchev–Trinajstić information content (AvgIpc) is 2.75. The van der Waals surface area contributed by atoms with Gasteiger partial charge in [0.15, 0.2) is 0 Å². The summed E-state index contributed by atoms with van der Waals surface area (Å²) in [6.07, 6.45) is 10.3. The van der Waals surface area contributed by atoms with E-state index in [1.807, 2.05) is 13.2 Å². The van der Waals surface area contributed by atoms with Gasteiger partial charge in [-0.05, 0) is 12.8 Å². The van der Waals surface area contributed by atoms with Crippen LogP contribution in [0.2, 0.25) is 0 Å². The van der Waals surface area contributed by atoms with Crippen LogP contribution in [0.4, 0.5) is 5.69 Å². The maximum Gasteiger partial charge on any atom is 0.227 e. The Hall–Kier alpha value is -1.32. The Labute approximate surface area is 110 Å². The number of aromatic nitrogens is 2. The first kappa shape index (κ1) is 14.7. The zero-order chi connectivity index (χ0) is 13.4. The largest absolute Gasteiger partial charge is 0.323 e. The lowest BCUT2D eigenvalue weighted by molar-refractivity contribution is -0.120. The van der Waals surface area contributed by atoms with E-state index in [-0.39, 0.29) is 11.8 Å². The summed E-state index contributed by atoms with van der Waals surface area (Å²) in [4.78, 5) is 12.1. The van der Waals surface area contributed by atoms with E-state index in [0.29, 0.717) is 0 Å². The van der Waals surface area contributed by atoms with Crippen LogP contribution in [0.25, 0.3) is 0 Å². The van der Waals surface area contributed by atoms with E-state index in [1.54, 1.807) is 10.9 Å². The van der Waals surface area contributed by atoms with Crippen LogP contribution in [0.15, 0.2) is 12.4 Å². The van der Waals surface area contributed by atoms with Crippen LogP contribution in [-0.2, 0) is 11.8 Å². The summed E-state index contributed by atoms with van der Waals surface area (Å²) in [7, 11) is 1.84. The van der Waals surface area contributed by atoms with Crippen molar-refractivity contribution < 1.29 is 4.79 Å². The molecule has 0 aliphatic carbocycles. The Morgan fingerprint density at radius 3 is 2.72 bits per heavy atom. The molecule has 1 aromatic heterocycles. The van der Waals surface area contributed by atoms with Gasteiger partial charge in [-0.1, -0.05) is 39.5 Å². The van der Waals surface area contributed by atoms with Gasteiger partial charge in [0.25, 0.3) is 0 Å². The van der Waals surface area contributed by atoms with E-state index in [0.717, 1.165) is 24.9 Å². The number of amides is 1. The topological polar surface area (TPSA) is 46.9 Å². The monoisotopic (exact) mass is 251 g/mol. The Morgan fingerprint density at radius 1 is 1.39 bits per heavy atom. The number of aryl methyl sites for hydroxylation is 1. The van der Waals surface area contributed by atoms with Crippen molar-refractivity contribution in [3.05, 3.63) is 12.4 Å². The van der Waals surface area contributed by atoms with Crippen LogP contribution in [0.3, 0.4) is 0 Å². The van der Waals surface area contributed by atoms with Gasteiger partial charge in [-0.25, -0.2) is 0 Å². The van der Waals surface area contributed by atoms with Gasteiger partial charge in [-0.3, -0.25) is 9.48 Å². The summed E-state index contributed by atoms with van der Waals surface area (Å²) in [5.74, 6) is 0.254. The van der Waals surface area contributed by atoms with Crippen LogP contribution in [0.5, 0.6) is 0 Å². The van der Waals surface area contributed by atoms with Crippen molar-refractivity contribution in [3.8, 4) is 0 Å². The molecule has 0 radical (unpaired) electrons. The number of unbranched alkanes of at least 4 members (excludes halogenated alkanes) is 3. The molecule has 1 atom stereocenters. The summed E-state index contributed by atoms with van der Waals surface area (Å²) in [5, 5.41) is 6.98. The quantitative estimate of drug-likeness (QED) is 0.720. The molecule has 0 aromatic carbocycles. The molecule has 1 aromatic rings. The third kappa shape index (κ3) is 4.90. The molecule has 0 aliphatic heterocycles. The minimum atomic E-state index is 0.127. The first-order valence-electron chi connectivity index (χ1n) is 6.96. The van der Waals surface area contributed by atoms with Gasteiger partial charge in [0.2, 0.25) is 5.91 Å². The molecular weight excluding hydrogens is 226 g/mol. The lowest BCUT2D eigenvalue weighted by Crippen LogP contribution is -2.22. The van der Waals surface area contributed by atoms with Gasteiger partial charge in [0.05, 0.1) is 11.9 Å². The Balaban J connectivity index is 2.37. The molecule has 0 aliphatic rings. The van der Waals surface area contributed by atoms with Crippen molar-refractivity contribution in [2.24, 2.45) is 13.0 Å². The molecule has 1 N–H and O–H groups in total. The lowest BCUT2D eigenvalue weighted by Gasteiger charge is -2.13. The molecule has 4 heteroatoms. The van der Waals surface area contributed by atoms with Crippen LogP contribution in [-0.4, -0.2) is 15.7 Å². The number of nitrogens with zero attached hydrogens (tertiary/aromatic N) is 2. The fourth-order valence-electron chi connectivity index (χ4n) is 2.07.